The Kier molecular flexibility index (Phi) is 6.98. The number of hydrogen-bond acceptors (Lipinski definition) is 4. The number of carbonyl (C=O) groups excluding carboxylic acids is 2. The Bertz CT molecular complexity index is 1380. The van der Waals surface area contributed by atoms with Crippen LogP contribution in [0.1, 0.15) is 41.0 Å². The van der Waals surface area contributed by atoms with Gasteiger partial charge in [0.15, 0.2) is 5.78 Å². The number of nitrogens with zero attached hydrogens (tertiary/aromatic N) is 1. The van der Waals surface area contributed by atoms with Crippen molar-refractivity contribution in [1.29, 1.82) is 0 Å². The van der Waals surface area contributed by atoms with Crippen LogP contribution in [0, 0.1) is 0 Å². The van der Waals surface area contributed by atoms with Gasteiger partial charge in [0, 0.05) is 28.3 Å². The van der Waals surface area contributed by atoms with E-state index < -0.39 is 0 Å². The Balaban J connectivity index is 1.52. The van der Waals surface area contributed by atoms with Crippen molar-refractivity contribution < 1.29 is 14.3 Å². The molecule has 170 valence electrons. The number of aromatic nitrogens is 2. The third-order valence-corrected chi connectivity index (χ3v) is 5.19. The van der Waals surface area contributed by atoms with Crippen LogP contribution in [-0.4, -0.2) is 28.5 Å². The molecule has 0 spiro atoms. The number of hydrogen-bond donors (Lipinski definition) is 2. The van der Waals surface area contributed by atoms with E-state index in [1.54, 1.807) is 43.3 Å². The van der Waals surface area contributed by atoms with Gasteiger partial charge in [0.1, 0.15) is 0 Å². The molecular weight excluding hydrogens is 426 g/mol. The molecule has 0 bridgehead atoms. The Morgan fingerprint density at radius 3 is 2.56 bits per heavy atom. The van der Waals surface area contributed by atoms with Gasteiger partial charge < -0.3 is 10.1 Å². The van der Waals surface area contributed by atoms with Gasteiger partial charge in [-0.3, -0.25) is 14.7 Å². The number of allylic oxidation sites excluding steroid dienone is 1. The predicted octanol–water partition coefficient (Wildman–Crippen LogP) is 5.84. The van der Waals surface area contributed by atoms with Gasteiger partial charge in [-0.2, -0.15) is 5.10 Å². The second kappa shape index (κ2) is 10.4. The average Bonchev–Trinajstić information content (AvgIpc) is 3.25. The average molecular weight is 452 g/mol. The molecule has 34 heavy (non-hydrogen) atoms. The number of amides is 1. The summed E-state index contributed by atoms with van der Waals surface area (Å²) in [6.07, 6.45) is 5.33. The molecule has 6 heteroatoms. The minimum absolute atomic E-state index is 0.144. The minimum Gasteiger partial charge on any atom is -0.498 e. The van der Waals surface area contributed by atoms with E-state index >= 15 is 0 Å². The van der Waals surface area contributed by atoms with Gasteiger partial charge in [-0.15, -0.1) is 0 Å². The van der Waals surface area contributed by atoms with Crippen molar-refractivity contribution in [3.8, 4) is 0 Å². The van der Waals surface area contributed by atoms with Crippen LogP contribution in [0.15, 0.2) is 84.6 Å². The fourth-order valence-corrected chi connectivity index (χ4v) is 3.59. The first-order valence-electron chi connectivity index (χ1n) is 11.0. The molecule has 1 aromatic heterocycles. The fraction of sp³-hybridized carbons (Fsp3) is 0.107. The van der Waals surface area contributed by atoms with E-state index in [1.807, 2.05) is 55.5 Å². The highest BCUT2D eigenvalue weighted by atomic mass is 16.5. The number of ketones is 1. The van der Waals surface area contributed by atoms with E-state index in [1.165, 1.54) is 6.08 Å². The van der Waals surface area contributed by atoms with Crippen molar-refractivity contribution >= 4 is 40.4 Å². The maximum atomic E-state index is 13.1. The Morgan fingerprint density at radius 1 is 0.971 bits per heavy atom. The fourth-order valence-electron chi connectivity index (χ4n) is 3.59. The molecule has 6 nitrogen and oxygen atoms in total. The first kappa shape index (κ1) is 22.7. The maximum Gasteiger partial charge on any atom is 0.251 e. The van der Waals surface area contributed by atoms with E-state index in [-0.39, 0.29) is 11.7 Å². The van der Waals surface area contributed by atoms with E-state index in [9.17, 15) is 9.59 Å². The lowest BCUT2D eigenvalue weighted by atomic mass is 10.0. The molecule has 0 fully saturated rings. The molecule has 0 unspecified atom stereocenters. The topological polar surface area (TPSA) is 84.1 Å². The first-order valence-corrected chi connectivity index (χ1v) is 11.0. The smallest absolute Gasteiger partial charge is 0.251 e. The Labute approximate surface area is 198 Å². The molecule has 0 atom stereocenters. The SMILES string of the molecule is CCO/C(C)=C/C(=O)Nc1cccc(C(=O)c2ccc3c(/C=C/c4ccccc4)n[nH]c3c2)c1. The van der Waals surface area contributed by atoms with Gasteiger partial charge in [0.2, 0.25) is 0 Å². The second-order valence-electron chi connectivity index (χ2n) is 7.70. The molecule has 0 radical (unpaired) electrons. The molecule has 3 aromatic carbocycles. The number of carbonyl (C=O) groups is 2. The van der Waals surface area contributed by atoms with E-state index in [2.05, 4.69) is 15.5 Å². The molecule has 0 aliphatic heterocycles. The summed E-state index contributed by atoms with van der Waals surface area (Å²) in [6, 6.07) is 22.3. The van der Waals surface area contributed by atoms with Gasteiger partial charge in [-0.25, -0.2) is 0 Å². The third-order valence-electron chi connectivity index (χ3n) is 5.19. The molecule has 4 aromatic rings. The van der Waals surface area contributed by atoms with Gasteiger partial charge in [0.05, 0.1) is 23.6 Å². The molecule has 4 rings (SSSR count). The summed E-state index contributed by atoms with van der Waals surface area (Å²) in [6.45, 7) is 4.07. The highest BCUT2D eigenvalue weighted by Crippen LogP contribution is 2.22. The van der Waals surface area contributed by atoms with Gasteiger partial charge >= 0.3 is 0 Å². The minimum atomic E-state index is -0.314. The molecule has 0 saturated heterocycles. The lowest BCUT2D eigenvalue weighted by Crippen LogP contribution is -2.10. The van der Waals surface area contributed by atoms with Crippen LogP contribution in [0.2, 0.25) is 0 Å². The molecule has 0 aliphatic rings. The Hall–Kier alpha value is -4.45. The summed E-state index contributed by atoms with van der Waals surface area (Å²) >= 11 is 0. The Morgan fingerprint density at radius 2 is 1.76 bits per heavy atom. The number of nitrogens with one attached hydrogen (secondary N) is 2. The van der Waals surface area contributed by atoms with Crippen molar-refractivity contribution in [2.45, 2.75) is 13.8 Å². The number of benzene rings is 3. The molecule has 1 heterocycles. The van der Waals surface area contributed by atoms with Crippen molar-refractivity contribution in [3.05, 3.63) is 107 Å². The molecule has 0 aliphatic carbocycles. The lowest BCUT2D eigenvalue weighted by Gasteiger charge is -2.07. The highest BCUT2D eigenvalue weighted by molar-refractivity contribution is 6.11. The van der Waals surface area contributed by atoms with Gasteiger partial charge in [-0.05, 0) is 49.8 Å². The number of ether oxygens (including phenoxy) is 1. The highest BCUT2D eigenvalue weighted by Gasteiger charge is 2.13. The zero-order valence-electron chi connectivity index (χ0n) is 19.0. The van der Waals surface area contributed by atoms with Crippen LogP contribution in [0.3, 0.4) is 0 Å². The van der Waals surface area contributed by atoms with Crippen LogP contribution in [0.5, 0.6) is 0 Å². The van der Waals surface area contributed by atoms with Crippen LogP contribution in [0.25, 0.3) is 23.1 Å². The first-order chi connectivity index (χ1) is 16.5. The monoisotopic (exact) mass is 451 g/mol. The standard InChI is InChI=1S/C28H25N3O3/c1-3-34-19(2)16-27(32)29-23-11-7-10-21(17-23)28(33)22-13-14-24-25(30-31-26(24)18-22)15-12-20-8-5-4-6-9-20/h4-18H,3H2,1-2H3,(H,29,32)(H,30,31)/b15-12+,19-16+. The van der Waals surface area contributed by atoms with E-state index in [0.29, 0.717) is 29.2 Å². The summed E-state index contributed by atoms with van der Waals surface area (Å²) in [7, 11) is 0. The summed E-state index contributed by atoms with van der Waals surface area (Å²) in [5, 5.41) is 11.1. The molecule has 1 amide bonds. The number of rotatable bonds is 8. The summed E-state index contributed by atoms with van der Waals surface area (Å²) in [5.41, 5.74) is 4.21. The van der Waals surface area contributed by atoms with Crippen LogP contribution in [0.4, 0.5) is 5.69 Å². The largest absolute Gasteiger partial charge is 0.498 e. The number of fused-ring (bicyclic) bond motifs is 1. The van der Waals surface area contributed by atoms with Crippen LogP contribution >= 0.6 is 0 Å². The zero-order valence-corrected chi connectivity index (χ0v) is 19.0. The maximum absolute atomic E-state index is 13.1. The molecular formula is C28H25N3O3. The van der Waals surface area contributed by atoms with Crippen molar-refractivity contribution in [1.82, 2.24) is 10.2 Å². The van der Waals surface area contributed by atoms with Crippen molar-refractivity contribution in [2.75, 3.05) is 11.9 Å². The van der Waals surface area contributed by atoms with Gasteiger partial charge in [0.25, 0.3) is 5.91 Å². The van der Waals surface area contributed by atoms with Crippen molar-refractivity contribution in [3.63, 3.8) is 0 Å². The summed E-state index contributed by atoms with van der Waals surface area (Å²) in [5.74, 6) is 0.0682. The normalized spacial score (nSPS) is 11.6. The predicted molar refractivity (Wildman–Crippen MR) is 135 cm³/mol. The van der Waals surface area contributed by atoms with E-state index in [0.717, 1.165) is 22.2 Å². The van der Waals surface area contributed by atoms with E-state index in [4.69, 9.17) is 4.74 Å². The zero-order chi connectivity index (χ0) is 23.9. The number of H-pyrrole nitrogens is 1. The van der Waals surface area contributed by atoms with Gasteiger partial charge in [-0.1, -0.05) is 54.6 Å². The quantitative estimate of drug-likeness (QED) is 0.200. The number of aromatic amines is 1. The molecule has 0 saturated carbocycles. The lowest BCUT2D eigenvalue weighted by molar-refractivity contribution is -0.112. The van der Waals surface area contributed by atoms with Crippen molar-refractivity contribution in [2.24, 2.45) is 0 Å². The molecule has 2 N–H and O–H groups in total. The summed E-state index contributed by atoms with van der Waals surface area (Å²) in [4.78, 5) is 25.3. The number of anilines is 1. The van der Waals surface area contributed by atoms with Crippen LogP contribution < -0.4 is 5.32 Å². The third kappa shape index (κ3) is 5.48. The second-order valence-corrected chi connectivity index (χ2v) is 7.70. The van der Waals surface area contributed by atoms with Crippen LogP contribution in [-0.2, 0) is 9.53 Å². The summed E-state index contributed by atoms with van der Waals surface area (Å²) < 4.78 is 5.28.